The fourth-order valence-electron chi connectivity index (χ4n) is 4.13. The van der Waals surface area contributed by atoms with E-state index in [0.717, 1.165) is 23.7 Å². The molecule has 23 heavy (non-hydrogen) atoms. The van der Waals surface area contributed by atoms with Crippen molar-refractivity contribution in [2.24, 2.45) is 5.92 Å². The Kier molecular flexibility index (Phi) is 4.97. The molecule has 1 heterocycles. The molecule has 1 aliphatic heterocycles. The minimum absolute atomic E-state index is 0.373. The average molecular weight is 351 g/mol. The van der Waals surface area contributed by atoms with Crippen molar-refractivity contribution in [2.75, 3.05) is 5.32 Å². The quantitative estimate of drug-likeness (QED) is 0.778. The summed E-state index contributed by atoms with van der Waals surface area (Å²) in [4.78, 5) is 2.20. The van der Waals surface area contributed by atoms with Crippen LogP contribution in [-0.2, 0) is 10.8 Å². The van der Waals surface area contributed by atoms with Crippen molar-refractivity contribution in [1.82, 2.24) is 4.72 Å². The Morgan fingerprint density at radius 2 is 1.74 bits per heavy atom. The Labute approximate surface area is 146 Å². The molecule has 2 atom stereocenters. The monoisotopic (exact) mass is 350 g/mol. The molecule has 1 aromatic rings. The third-order valence-electron chi connectivity index (χ3n) is 5.52. The molecule has 3 aliphatic rings. The highest BCUT2D eigenvalue weighted by atomic mass is 32.2. The minimum Gasteiger partial charge on any atom is -0.368 e. The SMILES string of the molecule is O=S(c1ccc2c(c1)SNC(C1CCCCC1)N2)C1CCCC1. The van der Waals surface area contributed by atoms with Gasteiger partial charge >= 0.3 is 0 Å². The van der Waals surface area contributed by atoms with Crippen LogP contribution in [0.1, 0.15) is 57.8 Å². The summed E-state index contributed by atoms with van der Waals surface area (Å²) >= 11 is 1.72. The van der Waals surface area contributed by atoms with E-state index in [1.54, 1.807) is 11.9 Å². The van der Waals surface area contributed by atoms with Crippen LogP contribution < -0.4 is 10.0 Å². The highest BCUT2D eigenvalue weighted by Crippen LogP contribution is 2.37. The largest absolute Gasteiger partial charge is 0.368 e. The van der Waals surface area contributed by atoms with Gasteiger partial charge in [0, 0.05) is 15.0 Å². The minimum atomic E-state index is -0.839. The summed E-state index contributed by atoms with van der Waals surface area (Å²) in [6, 6.07) is 6.34. The third-order valence-corrected chi connectivity index (χ3v) is 8.24. The highest BCUT2D eigenvalue weighted by Gasteiger charge is 2.28. The Balaban J connectivity index is 1.47. The first kappa shape index (κ1) is 16.0. The first-order chi connectivity index (χ1) is 11.3. The molecule has 0 aromatic heterocycles. The van der Waals surface area contributed by atoms with Crippen LogP contribution in [0.25, 0.3) is 0 Å². The van der Waals surface area contributed by atoms with Crippen LogP contribution >= 0.6 is 11.9 Å². The second-order valence-electron chi connectivity index (χ2n) is 7.10. The van der Waals surface area contributed by atoms with Crippen LogP contribution in [0.5, 0.6) is 0 Å². The number of hydrogen-bond donors (Lipinski definition) is 2. The van der Waals surface area contributed by atoms with Gasteiger partial charge in [-0.3, -0.25) is 4.21 Å². The molecule has 126 valence electrons. The highest BCUT2D eigenvalue weighted by molar-refractivity contribution is 7.97. The van der Waals surface area contributed by atoms with Crippen molar-refractivity contribution < 1.29 is 4.21 Å². The fraction of sp³-hybridized carbons (Fsp3) is 0.667. The summed E-state index contributed by atoms with van der Waals surface area (Å²) in [5.41, 5.74) is 1.21. The van der Waals surface area contributed by atoms with Gasteiger partial charge in [-0.05, 0) is 61.7 Å². The van der Waals surface area contributed by atoms with Gasteiger partial charge in [0.15, 0.2) is 0 Å². The second kappa shape index (κ2) is 7.16. The first-order valence-electron chi connectivity index (χ1n) is 9.05. The summed E-state index contributed by atoms with van der Waals surface area (Å²) in [6.07, 6.45) is 11.9. The van der Waals surface area contributed by atoms with Gasteiger partial charge in [-0.15, -0.1) is 0 Å². The van der Waals surface area contributed by atoms with Crippen LogP contribution in [0.15, 0.2) is 28.0 Å². The van der Waals surface area contributed by atoms with E-state index < -0.39 is 10.8 Å². The molecule has 0 radical (unpaired) electrons. The molecule has 2 fully saturated rings. The third kappa shape index (κ3) is 3.47. The van der Waals surface area contributed by atoms with Crippen molar-refractivity contribution in [2.45, 2.75) is 79.0 Å². The van der Waals surface area contributed by atoms with Gasteiger partial charge in [-0.25, -0.2) is 4.72 Å². The molecule has 2 N–H and O–H groups in total. The van der Waals surface area contributed by atoms with Crippen molar-refractivity contribution in [3.63, 3.8) is 0 Å². The van der Waals surface area contributed by atoms with Crippen LogP contribution in [0, 0.1) is 5.92 Å². The summed E-state index contributed by atoms with van der Waals surface area (Å²) in [7, 11) is -0.839. The van der Waals surface area contributed by atoms with E-state index in [4.69, 9.17) is 0 Å². The number of hydrogen-bond acceptors (Lipinski definition) is 4. The maximum Gasteiger partial charge on any atom is 0.0891 e. The Hall–Kier alpha value is -0.520. The van der Waals surface area contributed by atoms with E-state index in [9.17, 15) is 4.21 Å². The molecule has 2 saturated carbocycles. The molecule has 0 spiro atoms. The number of nitrogens with one attached hydrogen (secondary N) is 2. The second-order valence-corrected chi connectivity index (χ2v) is 9.71. The molecule has 0 saturated heterocycles. The van der Waals surface area contributed by atoms with E-state index in [2.05, 4.69) is 28.2 Å². The maximum atomic E-state index is 12.7. The standard InChI is InChI=1S/C18H26N2OS2/c21-23(14-8-4-5-9-14)15-10-11-16-17(12-15)22-20-18(19-16)13-6-2-1-3-7-13/h10-14,18-20H,1-9H2. The zero-order valence-electron chi connectivity index (χ0n) is 13.6. The van der Waals surface area contributed by atoms with E-state index in [1.807, 2.05) is 0 Å². The van der Waals surface area contributed by atoms with E-state index >= 15 is 0 Å². The van der Waals surface area contributed by atoms with Gasteiger partial charge in [-0.2, -0.15) is 0 Å². The van der Waals surface area contributed by atoms with Crippen molar-refractivity contribution >= 4 is 28.4 Å². The Morgan fingerprint density at radius 1 is 1.00 bits per heavy atom. The molecule has 4 rings (SSSR count). The molecule has 0 bridgehead atoms. The van der Waals surface area contributed by atoms with Crippen LogP contribution in [0.4, 0.5) is 5.69 Å². The zero-order valence-corrected chi connectivity index (χ0v) is 15.2. The predicted octanol–water partition coefficient (Wildman–Crippen LogP) is 4.67. The van der Waals surface area contributed by atoms with Gasteiger partial charge in [0.05, 0.1) is 22.7 Å². The lowest BCUT2D eigenvalue weighted by Gasteiger charge is -2.35. The van der Waals surface area contributed by atoms with Crippen molar-refractivity contribution in [1.29, 1.82) is 0 Å². The van der Waals surface area contributed by atoms with Crippen LogP contribution in [0.3, 0.4) is 0 Å². The fourth-order valence-corrected chi connectivity index (χ4v) is 6.72. The lowest BCUT2D eigenvalue weighted by Crippen LogP contribution is -2.42. The van der Waals surface area contributed by atoms with Crippen molar-refractivity contribution in [3.8, 4) is 0 Å². The van der Waals surface area contributed by atoms with Gasteiger partial charge in [0.1, 0.15) is 0 Å². The van der Waals surface area contributed by atoms with E-state index in [0.29, 0.717) is 11.4 Å². The average Bonchev–Trinajstić information content (AvgIpc) is 3.15. The number of rotatable bonds is 3. The lowest BCUT2D eigenvalue weighted by molar-refractivity contribution is 0.310. The summed E-state index contributed by atoms with van der Waals surface area (Å²) in [6.45, 7) is 0. The molecule has 1 aromatic carbocycles. The first-order valence-corrected chi connectivity index (χ1v) is 11.1. The predicted molar refractivity (Wildman–Crippen MR) is 98.1 cm³/mol. The van der Waals surface area contributed by atoms with E-state index in [1.165, 1.54) is 55.5 Å². The molecule has 0 amide bonds. The van der Waals surface area contributed by atoms with Gasteiger partial charge in [-0.1, -0.05) is 32.1 Å². The molecule has 3 nitrogen and oxygen atoms in total. The van der Waals surface area contributed by atoms with E-state index in [-0.39, 0.29) is 0 Å². The maximum absolute atomic E-state index is 12.7. The molecule has 2 aliphatic carbocycles. The number of benzene rings is 1. The Bertz CT molecular complexity index is 580. The van der Waals surface area contributed by atoms with Gasteiger partial charge in [0.2, 0.25) is 0 Å². The lowest BCUT2D eigenvalue weighted by atomic mass is 9.87. The molecule has 5 heteroatoms. The molecule has 2 unspecified atom stereocenters. The smallest absolute Gasteiger partial charge is 0.0891 e. The van der Waals surface area contributed by atoms with Gasteiger partial charge in [0.25, 0.3) is 0 Å². The molecular weight excluding hydrogens is 324 g/mol. The number of anilines is 1. The van der Waals surface area contributed by atoms with Crippen molar-refractivity contribution in [3.05, 3.63) is 18.2 Å². The Morgan fingerprint density at radius 3 is 2.52 bits per heavy atom. The normalized spacial score (nSPS) is 27.4. The number of fused-ring (bicyclic) bond motifs is 1. The summed E-state index contributed by atoms with van der Waals surface area (Å²) in [5.74, 6) is 0.733. The molecular formula is C18H26N2OS2. The van der Waals surface area contributed by atoms with Crippen LogP contribution in [0.2, 0.25) is 0 Å². The summed E-state index contributed by atoms with van der Waals surface area (Å²) < 4.78 is 16.3. The zero-order chi connectivity index (χ0) is 15.6. The topological polar surface area (TPSA) is 41.1 Å². The van der Waals surface area contributed by atoms with Crippen LogP contribution in [-0.4, -0.2) is 15.6 Å². The van der Waals surface area contributed by atoms with Gasteiger partial charge < -0.3 is 5.32 Å². The summed E-state index contributed by atoms with van der Waals surface area (Å²) in [5, 5.41) is 4.04.